The highest BCUT2D eigenvalue weighted by Crippen LogP contribution is 2.21. The topological polar surface area (TPSA) is 75.7 Å². The van der Waals surface area contributed by atoms with E-state index < -0.39 is 10.0 Å². The van der Waals surface area contributed by atoms with Gasteiger partial charge in [-0.2, -0.15) is 0 Å². The Morgan fingerprint density at radius 2 is 1.52 bits per heavy atom. The minimum Gasteiger partial charge on any atom is -0.457 e. The fraction of sp³-hybridized carbons (Fsp3) is 0.125. The molecule has 1 N–H and O–H groups in total. The summed E-state index contributed by atoms with van der Waals surface area (Å²) in [5, 5.41) is 2.82. The molecule has 7 heteroatoms. The Labute approximate surface area is 182 Å². The van der Waals surface area contributed by atoms with Gasteiger partial charge in [-0.1, -0.05) is 42.5 Å². The largest absolute Gasteiger partial charge is 0.457 e. The molecular formula is C24H24N2O4S. The van der Waals surface area contributed by atoms with Crippen molar-refractivity contribution in [2.75, 3.05) is 14.1 Å². The van der Waals surface area contributed by atoms with Crippen molar-refractivity contribution in [3.63, 3.8) is 0 Å². The van der Waals surface area contributed by atoms with Crippen molar-refractivity contribution in [3.8, 4) is 11.5 Å². The smallest absolute Gasteiger partial charge is 0.244 e. The molecule has 0 unspecified atom stereocenters. The number of amides is 1. The van der Waals surface area contributed by atoms with E-state index >= 15 is 0 Å². The van der Waals surface area contributed by atoms with Crippen LogP contribution in [0, 0.1) is 0 Å². The van der Waals surface area contributed by atoms with Crippen LogP contribution in [0.2, 0.25) is 0 Å². The lowest BCUT2D eigenvalue weighted by Crippen LogP contribution is -2.22. The third-order valence-electron chi connectivity index (χ3n) is 4.45. The zero-order valence-corrected chi connectivity index (χ0v) is 18.2. The number of hydrogen-bond acceptors (Lipinski definition) is 4. The lowest BCUT2D eigenvalue weighted by atomic mass is 10.2. The molecule has 31 heavy (non-hydrogen) atoms. The third-order valence-corrected chi connectivity index (χ3v) is 6.28. The average Bonchev–Trinajstić information content (AvgIpc) is 2.78. The SMILES string of the molecule is CN(C)S(=O)(=O)c1ccc(/C=C/C(=O)NCc2ccc(Oc3ccccc3)cc2)cc1. The molecule has 0 saturated carbocycles. The summed E-state index contributed by atoms with van der Waals surface area (Å²) in [4.78, 5) is 12.3. The predicted octanol–water partition coefficient (Wildman–Crippen LogP) is 4.06. The molecule has 3 aromatic carbocycles. The van der Waals surface area contributed by atoms with Crippen molar-refractivity contribution in [2.45, 2.75) is 11.4 Å². The number of rotatable bonds is 8. The van der Waals surface area contributed by atoms with Gasteiger partial charge in [-0.05, 0) is 53.6 Å². The van der Waals surface area contributed by atoms with E-state index in [-0.39, 0.29) is 10.8 Å². The molecule has 0 spiro atoms. The van der Waals surface area contributed by atoms with Crippen LogP contribution in [0.25, 0.3) is 6.08 Å². The van der Waals surface area contributed by atoms with Gasteiger partial charge < -0.3 is 10.1 Å². The second-order valence-corrected chi connectivity index (χ2v) is 9.12. The molecule has 3 aromatic rings. The second kappa shape index (κ2) is 10.1. The number of ether oxygens (including phenoxy) is 1. The van der Waals surface area contributed by atoms with Crippen molar-refractivity contribution in [1.82, 2.24) is 9.62 Å². The number of carbonyl (C=O) groups excluding carboxylic acids is 1. The molecule has 6 nitrogen and oxygen atoms in total. The molecule has 1 amide bonds. The molecule has 0 saturated heterocycles. The maximum absolute atomic E-state index is 12.1. The Kier molecular flexibility index (Phi) is 7.23. The van der Waals surface area contributed by atoms with Crippen molar-refractivity contribution in [3.05, 3.63) is 96.1 Å². The number of carbonyl (C=O) groups is 1. The Balaban J connectivity index is 1.51. The van der Waals surface area contributed by atoms with Gasteiger partial charge in [0.25, 0.3) is 0 Å². The van der Waals surface area contributed by atoms with Crippen LogP contribution in [-0.4, -0.2) is 32.7 Å². The fourth-order valence-electron chi connectivity index (χ4n) is 2.68. The van der Waals surface area contributed by atoms with Crippen molar-refractivity contribution >= 4 is 22.0 Å². The Morgan fingerprint density at radius 3 is 2.13 bits per heavy atom. The van der Waals surface area contributed by atoms with E-state index in [1.54, 1.807) is 18.2 Å². The van der Waals surface area contributed by atoms with E-state index in [1.165, 1.54) is 32.3 Å². The summed E-state index contributed by atoms with van der Waals surface area (Å²) >= 11 is 0. The van der Waals surface area contributed by atoms with Crippen molar-refractivity contribution in [2.24, 2.45) is 0 Å². The maximum atomic E-state index is 12.1. The molecule has 3 rings (SSSR count). The summed E-state index contributed by atoms with van der Waals surface area (Å²) in [6.45, 7) is 0.384. The van der Waals surface area contributed by atoms with Gasteiger partial charge in [-0.25, -0.2) is 12.7 Å². The Morgan fingerprint density at radius 1 is 0.903 bits per heavy atom. The maximum Gasteiger partial charge on any atom is 0.244 e. The van der Waals surface area contributed by atoms with Crippen LogP contribution >= 0.6 is 0 Å². The molecule has 0 atom stereocenters. The second-order valence-electron chi connectivity index (χ2n) is 6.97. The van der Waals surface area contributed by atoms with E-state index in [0.29, 0.717) is 6.54 Å². The van der Waals surface area contributed by atoms with Crippen LogP contribution < -0.4 is 10.1 Å². The highest BCUT2D eigenvalue weighted by molar-refractivity contribution is 7.89. The Hall–Kier alpha value is -3.42. The first-order chi connectivity index (χ1) is 14.8. The van der Waals surface area contributed by atoms with Crippen LogP contribution in [0.1, 0.15) is 11.1 Å². The Bertz CT molecular complexity index is 1140. The number of nitrogens with zero attached hydrogens (tertiary/aromatic N) is 1. The van der Waals surface area contributed by atoms with Gasteiger partial charge in [0.15, 0.2) is 0 Å². The van der Waals surface area contributed by atoms with E-state index in [2.05, 4.69) is 5.32 Å². The monoisotopic (exact) mass is 436 g/mol. The summed E-state index contributed by atoms with van der Waals surface area (Å²) < 4.78 is 31.1. The van der Waals surface area contributed by atoms with Gasteiger partial charge in [0.1, 0.15) is 11.5 Å². The minimum atomic E-state index is -3.46. The standard InChI is InChI=1S/C24H24N2O4S/c1-26(2)31(28,29)23-15-10-19(11-16-23)12-17-24(27)25-18-20-8-13-22(14-9-20)30-21-6-4-3-5-7-21/h3-17H,18H2,1-2H3,(H,25,27)/b17-12+. The molecule has 0 bridgehead atoms. The highest BCUT2D eigenvalue weighted by atomic mass is 32.2. The van der Waals surface area contributed by atoms with Gasteiger partial charge >= 0.3 is 0 Å². The quantitative estimate of drug-likeness (QED) is 0.541. The van der Waals surface area contributed by atoms with Crippen LogP contribution in [0.5, 0.6) is 11.5 Å². The van der Waals surface area contributed by atoms with Gasteiger partial charge in [0.05, 0.1) is 4.90 Å². The number of benzene rings is 3. The number of para-hydroxylation sites is 1. The summed E-state index contributed by atoms with van der Waals surface area (Å²) in [6, 6.07) is 23.4. The molecule has 0 heterocycles. The van der Waals surface area contributed by atoms with E-state index in [0.717, 1.165) is 26.9 Å². The van der Waals surface area contributed by atoms with Crippen LogP contribution in [0.3, 0.4) is 0 Å². The molecule has 0 aromatic heterocycles. The minimum absolute atomic E-state index is 0.207. The van der Waals surface area contributed by atoms with Crippen LogP contribution in [0.4, 0.5) is 0 Å². The first-order valence-electron chi connectivity index (χ1n) is 9.65. The normalized spacial score (nSPS) is 11.6. The van der Waals surface area contributed by atoms with Crippen LogP contribution in [0.15, 0.2) is 89.8 Å². The van der Waals surface area contributed by atoms with Crippen molar-refractivity contribution in [1.29, 1.82) is 0 Å². The van der Waals surface area contributed by atoms with Crippen LogP contribution in [-0.2, 0) is 21.4 Å². The third kappa shape index (κ3) is 6.28. The van der Waals surface area contributed by atoms with Crippen molar-refractivity contribution < 1.29 is 17.9 Å². The molecule has 160 valence electrons. The molecular weight excluding hydrogens is 412 g/mol. The molecule has 0 aliphatic heterocycles. The van der Waals surface area contributed by atoms with E-state index in [4.69, 9.17) is 4.74 Å². The molecule has 0 aliphatic rings. The average molecular weight is 437 g/mol. The first kappa shape index (κ1) is 22.3. The lowest BCUT2D eigenvalue weighted by molar-refractivity contribution is -0.116. The summed E-state index contributed by atoms with van der Waals surface area (Å²) in [5.41, 5.74) is 1.68. The van der Waals surface area contributed by atoms with Gasteiger partial charge in [-0.3, -0.25) is 4.79 Å². The fourth-order valence-corrected chi connectivity index (χ4v) is 3.58. The van der Waals surface area contributed by atoms with Gasteiger partial charge in [-0.15, -0.1) is 0 Å². The molecule has 0 aliphatic carbocycles. The summed E-state index contributed by atoms with van der Waals surface area (Å²) in [7, 11) is -0.497. The van der Waals surface area contributed by atoms with Gasteiger partial charge in [0.2, 0.25) is 15.9 Å². The molecule has 0 fully saturated rings. The predicted molar refractivity (Wildman–Crippen MR) is 121 cm³/mol. The number of nitrogens with one attached hydrogen (secondary N) is 1. The summed E-state index contributed by atoms with van der Waals surface area (Å²) in [6.07, 6.45) is 3.06. The number of sulfonamides is 1. The van der Waals surface area contributed by atoms with E-state index in [9.17, 15) is 13.2 Å². The van der Waals surface area contributed by atoms with Gasteiger partial charge in [0, 0.05) is 26.7 Å². The molecule has 0 radical (unpaired) electrons. The number of hydrogen-bond donors (Lipinski definition) is 1. The highest BCUT2D eigenvalue weighted by Gasteiger charge is 2.16. The summed E-state index contributed by atoms with van der Waals surface area (Å²) in [5.74, 6) is 1.25. The lowest BCUT2D eigenvalue weighted by Gasteiger charge is -2.11. The first-order valence-corrected chi connectivity index (χ1v) is 11.1. The zero-order valence-electron chi connectivity index (χ0n) is 17.4. The van der Waals surface area contributed by atoms with E-state index in [1.807, 2.05) is 54.6 Å². The zero-order chi connectivity index (χ0) is 22.3.